The number of piperazine rings is 1. The summed E-state index contributed by atoms with van der Waals surface area (Å²) in [4.78, 5) is 72.7. The molecule has 0 radical (unpaired) electrons. The molecule has 2 aromatic carbocycles. The second-order valence-electron chi connectivity index (χ2n) is 8.82. The molecule has 11 N–H and O–H groups in total. The van der Waals surface area contributed by atoms with E-state index in [1.807, 2.05) is 0 Å². The van der Waals surface area contributed by atoms with E-state index >= 15 is 0 Å². The van der Waals surface area contributed by atoms with Crippen molar-refractivity contribution in [2.75, 3.05) is 32.7 Å². The summed E-state index contributed by atoms with van der Waals surface area (Å²) >= 11 is 0. The van der Waals surface area contributed by atoms with Crippen LogP contribution in [-0.4, -0.2) is 95.2 Å². The first-order valence-electron chi connectivity index (χ1n) is 12.2. The molecule has 16 heteroatoms. The van der Waals surface area contributed by atoms with Crippen molar-refractivity contribution in [3.8, 4) is 0 Å². The van der Waals surface area contributed by atoms with Gasteiger partial charge in [0.2, 0.25) is 11.8 Å². The number of carbonyl (C=O) groups excluding carboxylic acids is 4. The minimum absolute atomic E-state index is 0.00527. The summed E-state index contributed by atoms with van der Waals surface area (Å²) in [5, 5.41) is 14.3. The van der Waals surface area contributed by atoms with E-state index < -0.39 is 48.7 Å². The van der Waals surface area contributed by atoms with Crippen LogP contribution in [0.2, 0.25) is 0 Å². The number of hydrogen-bond donors (Lipinski definition) is 7. The summed E-state index contributed by atoms with van der Waals surface area (Å²) < 4.78 is 0. The number of amides is 4. The van der Waals surface area contributed by atoms with Gasteiger partial charge in [-0.1, -0.05) is 0 Å². The fraction of sp³-hybridized carbons (Fsp3) is 0.240. The maximum Gasteiger partial charge on any atom is 0.323 e. The first-order chi connectivity index (χ1) is 19.4. The van der Waals surface area contributed by atoms with Crippen molar-refractivity contribution < 1.29 is 29.1 Å². The van der Waals surface area contributed by atoms with Crippen molar-refractivity contribution in [3.63, 3.8) is 0 Å². The molecule has 216 valence electrons. The van der Waals surface area contributed by atoms with Crippen LogP contribution in [0.4, 0.5) is 11.4 Å². The molecule has 1 saturated heterocycles. The fourth-order valence-corrected chi connectivity index (χ4v) is 3.98. The molecule has 1 fully saturated rings. The molecule has 0 aliphatic carbocycles. The van der Waals surface area contributed by atoms with E-state index in [1.54, 1.807) is 0 Å². The van der Waals surface area contributed by atoms with Crippen LogP contribution in [0.25, 0.3) is 0 Å². The van der Waals surface area contributed by atoms with E-state index in [0.29, 0.717) is 11.4 Å². The van der Waals surface area contributed by atoms with Gasteiger partial charge < -0.3 is 48.5 Å². The van der Waals surface area contributed by atoms with Crippen LogP contribution >= 0.6 is 0 Å². The zero-order valence-corrected chi connectivity index (χ0v) is 21.8. The van der Waals surface area contributed by atoms with Crippen LogP contribution in [0, 0.1) is 0 Å². The highest BCUT2D eigenvalue weighted by atomic mass is 16.4. The smallest absolute Gasteiger partial charge is 0.323 e. The molecule has 3 rings (SSSR count). The lowest BCUT2D eigenvalue weighted by molar-refractivity contribution is -0.154. The van der Waals surface area contributed by atoms with Crippen molar-refractivity contribution in [2.45, 2.75) is 6.04 Å². The molecule has 0 bridgehead atoms. The fourth-order valence-electron chi connectivity index (χ4n) is 3.98. The number of guanidine groups is 2. The number of nitrogens with two attached hydrogens (primary N) is 4. The second-order valence-corrected chi connectivity index (χ2v) is 8.82. The lowest BCUT2D eigenvalue weighted by atomic mass is 10.1. The molecule has 0 saturated carbocycles. The van der Waals surface area contributed by atoms with Crippen molar-refractivity contribution >= 4 is 52.9 Å². The monoisotopic (exact) mass is 566 g/mol. The molecular formula is C25H30N10O6. The first-order valence-corrected chi connectivity index (χ1v) is 12.2. The molecule has 1 atom stereocenters. The predicted molar refractivity (Wildman–Crippen MR) is 148 cm³/mol. The normalized spacial score (nSPS) is 14.5. The maximum atomic E-state index is 13.1. The Hall–Kier alpha value is -5.67. The van der Waals surface area contributed by atoms with Gasteiger partial charge >= 0.3 is 5.97 Å². The van der Waals surface area contributed by atoms with Gasteiger partial charge in [-0.25, -0.2) is 9.98 Å². The number of aliphatic carboxylic acids is 1. The van der Waals surface area contributed by atoms with Gasteiger partial charge in [-0.05, 0) is 48.5 Å². The van der Waals surface area contributed by atoms with Gasteiger partial charge in [-0.3, -0.25) is 24.0 Å². The SMILES string of the molecule is NC(N)=Nc1ccc(C(=O)NCC(=O)N2CCN(CC(=O)O)C(=O)[C@@H]2CNC(=O)c2ccc(N=C(N)N)cc2)cc1. The molecule has 41 heavy (non-hydrogen) atoms. The van der Waals surface area contributed by atoms with E-state index in [4.69, 9.17) is 28.0 Å². The van der Waals surface area contributed by atoms with Crippen molar-refractivity contribution in [1.29, 1.82) is 0 Å². The van der Waals surface area contributed by atoms with Gasteiger partial charge in [0.1, 0.15) is 12.6 Å². The number of carboxylic acids is 1. The van der Waals surface area contributed by atoms with Gasteiger partial charge in [0.15, 0.2) is 11.9 Å². The van der Waals surface area contributed by atoms with Gasteiger partial charge in [0.25, 0.3) is 11.8 Å². The van der Waals surface area contributed by atoms with E-state index in [9.17, 15) is 24.0 Å². The highest BCUT2D eigenvalue weighted by Crippen LogP contribution is 2.15. The van der Waals surface area contributed by atoms with Crippen LogP contribution in [0.1, 0.15) is 20.7 Å². The topological polar surface area (TPSA) is 265 Å². The van der Waals surface area contributed by atoms with Crippen LogP contribution in [0.15, 0.2) is 58.5 Å². The average Bonchev–Trinajstić information content (AvgIpc) is 2.91. The van der Waals surface area contributed by atoms with Gasteiger partial charge in [-0.15, -0.1) is 0 Å². The maximum absolute atomic E-state index is 13.1. The molecule has 0 aromatic heterocycles. The molecule has 0 unspecified atom stereocenters. The third kappa shape index (κ3) is 8.41. The lowest BCUT2D eigenvalue weighted by Gasteiger charge is -2.40. The van der Waals surface area contributed by atoms with Crippen molar-refractivity contribution in [2.24, 2.45) is 32.9 Å². The predicted octanol–water partition coefficient (Wildman–Crippen LogP) is -2.22. The van der Waals surface area contributed by atoms with Crippen LogP contribution in [0.3, 0.4) is 0 Å². The number of rotatable bonds is 10. The molecule has 4 amide bonds. The number of nitrogens with one attached hydrogen (secondary N) is 2. The molecule has 2 aromatic rings. The van der Waals surface area contributed by atoms with Crippen LogP contribution < -0.4 is 33.6 Å². The summed E-state index contributed by atoms with van der Waals surface area (Å²) in [6.07, 6.45) is 0. The van der Waals surface area contributed by atoms with Crippen LogP contribution in [-0.2, 0) is 14.4 Å². The van der Waals surface area contributed by atoms with Crippen LogP contribution in [0.5, 0.6) is 0 Å². The Morgan fingerprint density at radius 1 is 0.805 bits per heavy atom. The Morgan fingerprint density at radius 3 is 1.76 bits per heavy atom. The lowest BCUT2D eigenvalue weighted by Crippen LogP contribution is -2.63. The second kappa shape index (κ2) is 13.4. The minimum Gasteiger partial charge on any atom is -0.480 e. The molecule has 0 spiro atoms. The molecule has 16 nitrogen and oxygen atoms in total. The summed E-state index contributed by atoms with van der Waals surface area (Å²) in [5.74, 6) is -3.87. The zero-order chi connectivity index (χ0) is 30.1. The number of carboxylic acid groups (broad SMARTS) is 1. The summed E-state index contributed by atoms with van der Waals surface area (Å²) in [6, 6.07) is 10.8. The van der Waals surface area contributed by atoms with Crippen molar-refractivity contribution in [1.82, 2.24) is 20.4 Å². The Morgan fingerprint density at radius 2 is 1.29 bits per heavy atom. The first kappa shape index (κ1) is 29.9. The third-order valence-corrected chi connectivity index (χ3v) is 5.86. The number of nitrogens with zero attached hydrogens (tertiary/aromatic N) is 4. The Balaban J connectivity index is 1.68. The van der Waals surface area contributed by atoms with Gasteiger partial charge in [-0.2, -0.15) is 0 Å². The number of aliphatic imine (C=N–C) groups is 2. The summed E-state index contributed by atoms with van der Waals surface area (Å²) in [7, 11) is 0. The Kier molecular flexibility index (Phi) is 9.77. The summed E-state index contributed by atoms with van der Waals surface area (Å²) in [5.41, 5.74) is 22.7. The average molecular weight is 567 g/mol. The van der Waals surface area contributed by atoms with E-state index in [2.05, 4.69) is 20.6 Å². The standard InChI is InChI=1S/C25H30N10O6/c26-24(27)32-16-5-1-14(2-6-16)21(39)30-11-18-23(41)34(13-20(37)38)9-10-35(18)19(36)12-31-22(40)15-3-7-17(8-4-15)33-25(28)29/h1-8,18H,9-13H2,(H,30,39)(H,31,40)(H,37,38)(H4,26,27,32)(H4,28,29,33)/t18-/m0/s1. The van der Waals surface area contributed by atoms with Crippen molar-refractivity contribution in [3.05, 3.63) is 59.7 Å². The number of carbonyl (C=O) groups is 5. The Bertz CT molecular complexity index is 1370. The largest absolute Gasteiger partial charge is 0.480 e. The quantitative estimate of drug-likeness (QED) is 0.120. The molecule has 1 aliphatic heterocycles. The molecule has 1 aliphatic rings. The van der Waals surface area contributed by atoms with E-state index in [0.717, 1.165) is 4.90 Å². The third-order valence-electron chi connectivity index (χ3n) is 5.86. The van der Waals surface area contributed by atoms with E-state index in [-0.39, 0.29) is 42.7 Å². The molecule has 1 heterocycles. The van der Waals surface area contributed by atoms with Gasteiger partial charge in [0, 0.05) is 30.8 Å². The highest BCUT2D eigenvalue weighted by molar-refractivity contribution is 5.98. The Labute approximate surface area is 234 Å². The number of hydrogen-bond acceptors (Lipinski definition) is 7. The molecular weight excluding hydrogens is 536 g/mol. The number of benzene rings is 2. The minimum atomic E-state index is -1.22. The zero-order valence-electron chi connectivity index (χ0n) is 21.8. The highest BCUT2D eigenvalue weighted by Gasteiger charge is 2.38. The van der Waals surface area contributed by atoms with E-state index in [1.165, 1.54) is 53.4 Å². The summed E-state index contributed by atoms with van der Waals surface area (Å²) in [6.45, 7) is -1.35. The van der Waals surface area contributed by atoms with Gasteiger partial charge in [0.05, 0.1) is 17.9 Å².